The minimum Gasteiger partial charge on any atom is -0.486 e. The Morgan fingerprint density at radius 3 is 2.26 bits per heavy atom. The van der Waals surface area contributed by atoms with Gasteiger partial charge in [-0.25, -0.2) is 4.98 Å². The van der Waals surface area contributed by atoms with Gasteiger partial charge in [0.05, 0.1) is 11.4 Å². The molecule has 1 aliphatic rings. The van der Waals surface area contributed by atoms with Crippen molar-refractivity contribution in [2.24, 2.45) is 5.73 Å². The van der Waals surface area contributed by atoms with E-state index in [1.54, 1.807) is 12.1 Å². The van der Waals surface area contributed by atoms with Crippen LogP contribution in [0, 0.1) is 5.41 Å². The Morgan fingerprint density at radius 1 is 1.06 bits per heavy atom. The van der Waals surface area contributed by atoms with Crippen LogP contribution in [0.5, 0.6) is 5.75 Å². The highest BCUT2D eigenvalue weighted by Gasteiger charge is 2.14. The maximum absolute atomic E-state index is 10.9. The van der Waals surface area contributed by atoms with E-state index in [1.807, 2.05) is 74.5 Å². The van der Waals surface area contributed by atoms with Crippen LogP contribution in [-0.2, 0) is 6.54 Å². The molecule has 2 aromatic carbocycles. The first-order valence-corrected chi connectivity index (χ1v) is 11.2. The maximum atomic E-state index is 10.9. The molecule has 0 saturated heterocycles. The second-order valence-corrected chi connectivity index (χ2v) is 7.10. The summed E-state index contributed by atoms with van der Waals surface area (Å²) < 4.78 is 6.00. The quantitative estimate of drug-likeness (QED) is 0.319. The third-order valence-corrected chi connectivity index (χ3v) is 5.06. The molecule has 0 bridgehead atoms. The molecule has 1 heterocycles. The highest BCUT2D eigenvalue weighted by atomic mass is 16.5. The molecule has 4 rings (SSSR count). The predicted molar refractivity (Wildman–Crippen MR) is 141 cm³/mol. The third kappa shape index (κ3) is 6.49. The third-order valence-electron chi connectivity index (χ3n) is 5.06. The van der Waals surface area contributed by atoms with Gasteiger partial charge in [-0.3, -0.25) is 4.79 Å². The summed E-state index contributed by atoms with van der Waals surface area (Å²) in [7, 11) is 0. The summed E-state index contributed by atoms with van der Waals surface area (Å²) in [5.74, 6) is 0.798. The van der Waals surface area contributed by atoms with E-state index in [0.717, 1.165) is 46.5 Å². The number of ether oxygens (including phenoxy) is 1. The molecule has 3 aromatic rings. The predicted octanol–water partition coefficient (Wildman–Crippen LogP) is 5.82. The number of rotatable bonds is 6. The monoisotopic (exact) mass is 456 g/mol. The van der Waals surface area contributed by atoms with Gasteiger partial charge in [0, 0.05) is 40.9 Å². The van der Waals surface area contributed by atoms with Crippen molar-refractivity contribution in [3.05, 3.63) is 90.0 Å². The van der Waals surface area contributed by atoms with Crippen molar-refractivity contribution in [1.82, 2.24) is 4.98 Å². The van der Waals surface area contributed by atoms with Crippen LogP contribution in [0.1, 0.15) is 36.2 Å². The van der Waals surface area contributed by atoms with E-state index in [9.17, 15) is 4.79 Å². The molecule has 6 nitrogen and oxygen atoms in total. The van der Waals surface area contributed by atoms with Gasteiger partial charge in [-0.15, -0.1) is 0 Å². The topological polar surface area (TPSA) is 115 Å². The zero-order valence-electron chi connectivity index (χ0n) is 19.7. The molecular weight excluding hydrogens is 424 g/mol. The van der Waals surface area contributed by atoms with Crippen LogP contribution in [0.25, 0.3) is 22.5 Å². The van der Waals surface area contributed by atoms with Crippen molar-refractivity contribution in [3.8, 4) is 28.3 Å². The highest BCUT2D eigenvalue weighted by Crippen LogP contribution is 2.32. The lowest BCUT2D eigenvalue weighted by Crippen LogP contribution is -2.13. The standard InChI is InChI=1S/C25H23N3O2.C2H6.CH3N/c26-15-22-23(27)14-24(18-8-6-17(16-29)7-9-18)28-25(22)19-10-12-21(13-11-19)30-20-4-2-1-3-5-20;2*1-2/h1-4,6-14,16,20H,5,15,26H2,(H2,27,28);1-2H3;2H,1H2. The van der Waals surface area contributed by atoms with Gasteiger partial charge in [0.2, 0.25) is 0 Å². The van der Waals surface area contributed by atoms with E-state index in [1.165, 1.54) is 0 Å². The number of nitrogen functional groups attached to an aromatic ring is 1. The Labute approximate surface area is 201 Å². The van der Waals surface area contributed by atoms with E-state index in [4.69, 9.17) is 26.6 Å². The fourth-order valence-electron chi connectivity index (χ4n) is 3.44. The van der Waals surface area contributed by atoms with Gasteiger partial charge in [0.1, 0.15) is 18.1 Å². The van der Waals surface area contributed by atoms with E-state index in [-0.39, 0.29) is 12.6 Å². The first-order chi connectivity index (χ1) is 16.7. The summed E-state index contributed by atoms with van der Waals surface area (Å²) in [6.07, 6.45) is 9.87. The van der Waals surface area contributed by atoms with Crippen molar-refractivity contribution in [2.75, 3.05) is 5.73 Å². The molecule has 1 unspecified atom stereocenters. The van der Waals surface area contributed by atoms with Gasteiger partial charge < -0.3 is 21.6 Å². The average molecular weight is 457 g/mol. The number of allylic oxidation sites excluding steroid dienone is 2. The number of nitrogens with one attached hydrogen (secondary N) is 1. The van der Waals surface area contributed by atoms with Crippen LogP contribution >= 0.6 is 0 Å². The van der Waals surface area contributed by atoms with Crippen LogP contribution in [-0.4, -0.2) is 24.1 Å². The summed E-state index contributed by atoms with van der Waals surface area (Å²) >= 11 is 0. The molecule has 1 aliphatic carbocycles. The van der Waals surface area contributed by atoms with Crippen LogP contribution in [0.2, 0.25) is 0 Å². The van der Waals surface area contributed by atoms with Crippen molar-refractivity contribution < 1.29 is 9.53 Å². The van der Waals surface area contributed by atoms with Gasteiger partial charge in [0.15, 0.2) is 0 Å². The second kappa shape index (κ2) is 13.5. The second-order valence-electron chi connectivity index (χ2n) is 7.10. The van der Waals surface area contributed by atoms with Crippen molar-refractivity contribution >= 4 is 18.7 Å². The summed E-state index contributed by atoms with van der Waals surface area (Å²) in [5, 5.41) is 5.50. The summed E-state index contributed by atoms with van der Waals surface area (Å²) in [6.45, 7) is 6.79. The van der Waals surface area contributed by atoms with Crippen molar-refractivity contribution in [1.29, 1.82) is 5.41 Å². The molecular formula is C28H32N4O2. The Kier molecular flexibility index (Phi) is 10.4. The van der Waals surface area contributed by atoms with Gasteiger partial charge in [-0.1, -0.05) is 56.3 Å². The number of pyridine rings is 1. The molecule has 34 heavy (non-hydrogen) atoms. The van der Waals surface area contributed by atoms with Crippen molar-refractivity contribution in [2.45, 2.75) is 32.9 Å². The SMILES string of the molecule is C=N.CC.NCc1c(N)cc(-c2ccc(C=O)cc2)nc1-c1ccc(OC2C=CC=CC2)cc1. The van der Waals surface area contributed by atoms with E-state index < -0.39 is 0 Å². The molecule has 0 amide bonds. The number of hydrogen-bond acceptors (Lipinski definition) is 6. The normalized spacial score (nSPS) is 13.7. The Bertz CT molecular complexity index is 1120. The maximum Gasteiger partial charge on any atom is 0.150 e. The average Bonchev–Trinajstić information content (AvgIpc) is 2.91. The number of nitrogens with zero attached hydrogens (tertiary/aromatic N) is 1. The van der Waals surface area contributed by atoms with Gasteiger partial charge in [-0.05, 0) is 43.1 Å². The number of hydrogen-bond donors (Lipinski definition) is 3. The summed E-state index contributed by atoms with van der Waals surface area (Å²) in [5.41, 5.74) is 17.6. The number of carbonyl (C=O) groups is 1. The zero-order valence-corrected chi connectivity index (χ0v) is 19.7. The minimum atomic E-state index is 0.0480. The molecule has 0 spiro atoms. The smallest absolute Gasteiger partial charge is 0.150 e. The molecule has 1 aromatic heterocycles. The molecule has 176 valence electrons. The number of anilines is 1. The highest BCUT2D eigenvalue weighted by molar-refractivity contribution is 5.79. The van der Waals surface area contributed by atoms with Crippen LogP contribution in [0.3, 0.4) is 0 Å². The van der Waals surface area contributed by atoms with Crippen LogP contribution < -0.4 is 16.2 Å². The van der Waals surface area contributed by atoms with Crippen LogP contribution in [0.15, 0.2) is 78.9 Å². The molecule has 5 N–H and O–H groups in total. The Morgan fingerprint density at radius 2 is 1.71 bits per heavy atom. The molecule has 0 radical (unpaired) electrons. The summed E-state index contributed by atoms with van der Waals surface area (Å²) in [6, 6.07) is 16.9. The first-order valence-electron chi connectivity index (χ1n) is 11.2. The number of aromatic nitrogens is 1. The number of benzene rings is 2. The van der Waals surface area contributed by atoms with Gasteiger partial charge in [0.25, 0.3) is 0 Å². The lowest BCUT2D eigenvalue weighted by atomic mass is 10.0. The lowest BCUT2D eigenvalue weighted by Gasteiger charge is -2.17. The van der Waals surface area contributed by atoms with E-state index >= 15 is 0 Å². The molecule has 6 heteroatoms. The Hall–Kier alpha value is -4.03. The van der Waals surface area contributed by atoms with Crippen LogP contribution in [0.4, 0.5) is 5.69 Å². The minimum absolute atomic E-state index is 0.0480. The first kappa shape index (κ1) is 26.2. The molecule has 1 atom stereocenters. The largest absolute Gasteiger partial charge is 0.486 e. The zero-order chi connectivity index (χ0) is 24.9. The summed E-state index contributed by atoms with van der Waals surface area (Å²) in [4.78, 5) is 15.8. The lowest BCUT2D eigenvalue weighted by molar-refractivity contribution is 0.112. The number of nitrogens with two attached hydrogens (primary N) is 2. The fraction of sp³-hybridized carbons (Fsp3) is 0.179. The number of carbonyl (C=O) groups excluding carboxylic acids is 1. The van der Waals surface area contributed by atoms with Gasteiger partial charge >= 0.3 is 0 Å². The Balaban J connectivity index is 0.000000970. The van der Waals surface area contributed by atoms with E-state index in [2.05, 4.69) is 12.8 Å². The van der Waals surface area contributed by atoms with E-state index in [0.29, 0.717) is 11.3 Å². The van der Waals surface area contributed by atoms with Crippen molar-refractivity contribution in [3.63, 3.8) is 0 Å². The molecule has 0 saturated carbocycles. The molecule has 0 aliphatic heterocycles. The fourth-order valence-corrected chi connectivity index (χ4v) is 3.44. The number of aldehydes is 1. The molecule has 0 fully saturated rings. The van der Waals surface area contributed by atoms with Gasteiger partial charge in [-0.2, -0.15) is 0 Å².